The molecule has 1 aliphatic rings. The van der Waals surface area contributed by atoms with Crippen LogP contribution in [0.1, 0.15) is 335 Å². The normalized spacial score (nSPS) is 18.5. The van der Waals surface area contributed by atoms with Crippen LogP contribution in [-0.2, 0) is 23.8 Å². The monoisotopic (exact) mass is 1280 g/mol. The predicted molar refractivity (Wildman–Crippen MR) is 384 cm³/mol. The van der Waals surface area contributed by atoms with Gasteiger partial charge in [-0.25, -0.2) is 0 Å². The van der Waals surface area contributed by atoms with Crippen molar-refractivity contribution in [3.8, 4) is 0 Å². The minimum absolute atomic E-state index is 0.122. The van der Waals surface area contributed by atoms with Crippen molar-refractivity contribution in [1.29, 1.82) is 0 Å². The Balaban J connectivity index is 2.52. The van der Waals surface area contributed by atoms with Gasteiger partial charge < -0.3 is 45.1 Å². The van der Waals surface area contributed by atoms with Crippen molar-refractivity contribution in [2.75, 3.05) is 13.2 Å². The van der Waals surface area contributed by atoms with Crippen LogP contribution in [0.15, 0.2) is 97.2 Å². The van der Waals surface area contributed by atoms with Gasteiger partial charge in [-0.3, -0.25) is 9.59 Å². The van der Waals surface area contributed by atoms with E-state index in [1.165, 1.54) is 173 Å². The molecule has 8 atom stereocenters. The van der Waals surface area contributed by atoms with Crippen molar-refractivity contribution in [3.05, 3.63) is 97.2 Å². The summed E-state index contributed by atoms with van der Waals surface area (Å²) >= 11 is 0. The van der Waals surface area contributed by atoms with Crippen LogP contribution < -0.4 is 5.32 Å². The van der Waals surface area contributed by atoms with E-state index >= 15 is 0 Å². The molecule has 0 aromatic carbocycles. The molecule has 0 aliphatic carbocycles. The quantitative estimate of drug-likeness (QED) is 0.0195. The molecule has 1 aliphatic heterocycles. The molecule has 1 amide bonds. The zero-order valence-electron chi connectivity index (χ0n) is 58.7. The molecule has 0 radical (unpaired) electrons. The smallest absolute Gasteiger partial charge is 0.306 e. The highest BCUT2D eigenvalue weighted by molar-refractivity contribution is 5.80. The van der Waals surface area contributed by atoms with Crippen molar-refractivity contribution in [3.63, 3.8) is 0 Å². The molecule has 11 heteroatoms. The third-order valence-electron chi connectivity index (χ3n) is 17.5. The molecule has 8 unspecified atom stereocenters. The molecular weight excluding hydrogens is 1130 g/mol. The summed E-state index contributed by atoms with van der Waals surface area (Å²) in [7, 11) is 0. The van der Waals surface area contributed by atoms with Gasteiger partial charge in [-0.2, -0.15) is 0 Å². The third-order valence-corrected chi connectivity index (χ3v) is 17.5. The molecule has 1 fully saturated rings. The number of allylic oxidation sites excluding steroid dienone is 15. The summed E-state index contributed by atoms with van der Waals surface area (Å²) < 4.78 is 17.7. The first-order chi connectivity index (χ1) is 44.7. The van der Waals surface area contributed by atoms with E-state index in [0.29, 0.717) is 12.8 Å². The van der Waals surface area contributed by atoms with Gasteiger partial charge in [0, 0.05) is 6.42 Å². The van der Waals surface area contributed by atoms with Gasteiger partial charge in [0.2, 0.25) is 5.91 Å². The number of nitrogens with one attached hydrogen (secondary N) is 1. The number of amides is 1. The largest absolute Gasteiger partial charge is 0.454 e. The fourth-order valence-electron chi connectivity index (χ4n) is 11.5. The first-order valence-electron chi connectivity index (χ1n) is 38.0. The van der Waals surface area contributed by atoms with Crippen molar-refractivity contribution in [2.45, 2.75) is 384 Å². The van der Waals surface area contributed by atoms with E-state index in [4.69, 9.17) is 14.2 Å². The van der Waals surface area contributed by atoms with E-state index in [1.54, 1.807) is 6.08 Å². The Morgan fingerprint density at radius 3 is 1.20 bits per heavy atom. The fraction of sp³-hybridized carbons (Fsp3) is 0.775. The summed E-state index contributed by atoms with van der Waals surface area (Å²) in [6, 6.07) is -1.03. The van der Waals surface area contributed by atoms with Crippen molar-refractivity contribution >= 4 is 11.9 Å². The fourth-order valence-corrected chi connectivity index (χ4v) is 11.5. The summed E-state index contributed by atoms with van der Waals surface area (Å²) in [5.41, 5.74) is 0. The standard InChI is InChI=1S/C80H141NO10/c1-4-7-10-13-16-19-22-24-26-28-30-32-34-36-38-39-41-43-45-47-49-52-55-58-61-64-67-73(84)79(88)81-71(72(83)66-63-60-57-54-51-21-18-15-12-9-6-3)70-89-80-78(77(87)76(86)74(69-82)90-80)91-75(85)68-65-62-59-56-53-50-48-46-44-42-40-37-35-33-31-29-27-25-23-20-17-14-11-8-5-2/h7,10,16,19,24-27,30,32,36,38,41,43,63,66,71-74,76-78,80,82-84,86-87H,4-6,8-9,11-15,17-18,20-23,28-29,31,33-35,37,39-40,42,44-62,64-65,67-70H2,1-3H3,(H,81,88)/b10-7-,19-16-,26-24-,27-25+,32-30-,38-36-,43-41-,66-63+. The van der Waals surface area contributed by atoms with E-state index in [0.717, 1.165) is 116 Å². The van der Waals surface area contributed by atoms with Gasteiger partial charge in [-0.1, -0.05) is 323 Å². The van der Waals surface area contributed by atoms with Crippen LogP contribution in [0, 0.1) is 0 Å². The Kier molecular flexibility index (Phi) is 62.6. The summed E-state index contributed by atoms with van der Waals surface area (Å²) in [4.78, 5) is 26.7. The second kappa shape index (κ2) is 66.6. The molecule has 1 rings (SSSR count). The van der Waals surface area contributed by atoms with Crippen molar-refractivity contribution in [1.82, 2.24) is 5.32 Å². The Morgan fingerprint density at radius 1 is 0.440 bits per heavy atom. The van der Waals surface area contributed by atoms with Gasteiger partial charge in [0.1, 0.15) is 24.4 Å². The Hall–Kier alpha value is -3.42. The van der Waals surface area contributed by atoms with Crippen LogP contribution >= 0.6 is 0 Å². The molecule has 0 aromatic rings. The average Bonchev–Trinajstić information content (AvgIpc) is 1.02. The second-order valence-electron chi connectivity index (χ2n) is 26.0. The van der Waals surface area contributed by atoms with Gasteiger partial charge in [0.15, 0.2) is 12.4 Å². The molecule has 1 heterocycles. The molecule has 0 bridgehead atoms. The highest BCUT2D eigenvalue weighted by atomic mass is 16.7. The molecule has 0 aromatic heterocycles. The summed E-state index contributed by atoms with van der Waals surface area (Å²) in [5.74, 6) is -1.20. The number of carbonyl (C=O) groups is 2. The van der Waals surface area contributed by atoms with Crippen LogP contribution in [0.25, 0.3) is 0 Å². The average molecular weight is 1280 g/mol. The number of ether oxygens (including phenoxy) is 3. The van der Waals surface area contributed by atoms with E-state index in [2.05, 4.69) is 111 Å². The first-order valence-corrected chi connectivity index (χ1v) is 38.0. The number of aliphatic hydroxyl groups is 5. The third kappa shape index (κ3) is 53.5. The van der Waals surface area contributed by atoms with E-state index in [1.807, 2.05) is 6.08 Å². The lowest BCUT2D eigenvalue weighted by molar-refractivity contribution is -0.305. The van der Waals surface area contributed by atoms with Crippen molar-refractivity contribution < 1.29 is 49.3 Å². The minimum Gasteiger partial charge on any atom is -0.454 e. The summed E-state index contributed by atoms with van der Waals surface area (Å²) in [6.45, 7) is 5.70. The Morgan fingerprint density at radius 2 is 0.791 bits per heavy atom. The minimum atomic E-state index is -1.62. The van der Waals surface area contributed by atoms with Gasteiger partial charge in [0.25, 0.3) is 0 Å². The van der Waals surface area contributed by atoms with Crippen LogP contribution in [0.5, 0.6) is 0 Å². The summed E-state index contributed by atoms with van der Waals surface area (Å²) in [6.07, 6.45) is 80.3. The molecule has 0 saturated carbocycles. The maximum atomic E-state index is 13.5. The zero-order valence-corrected chi connectivity index (χ0v) is 58.7. The Labute approximate surface area is 558 Å². The highest BCUT2D eigenvalue weighted by Gasteiger charge is 2.47. The highest BCUT2D eigenvalue weighted by Crippen LogP contribution is 2.26. The maximum absolute atomic E-state index is 13.5. The van der Waals surface area contributed by atoms with E-state index in [-0.39, 0.29) is 19.4 Å². The summed E-state index contributed by atoms with van der Waals surface area (Å²) in [5, 5.41) is 57.3. The first kappa shape index (κ1) is 85.6. The Bertz CT molecular complexity index is 1860. The van der Waals surface area contributed by atoms with Gasteiger partial charge >= 0.3 is 5.97 Å². The molecular formula is C80H141NO10. The van der Waals surface area contributed by atoms with Gasteiger partial charge in [-0.15, -0.1) is 0 Å². The zero-order chi connectivity index (χ0) is 66.0. The lowest BCUT2D eigenvalue weighted by Crippen LogP contribution is -2.61. The van der Waals surface area contributed by atoms with Crippen LogP contribution in [0.4, 0.5) is 0 Å². The number of aliphatic hydroxyl groups excluding tert-OH is 5. The van der Waals surface area contributed by atoms with Gasteiger partial charge in [-0.05, 0) is 103 Å². The second-order valence-corrected chi connectivity index (χ2v) is 26.0. The van der Waals surface area contributed by atoms with E-state index in [9.17, 15) is 35.1 Å². The number of hydrogen-bond acceptors (Lipinski definition) is 10. The number of carbonyl (C=O) groups excluding carboxylic acids is 2. The van der Waals surface area contributed by atoms with Crippen molar-refractivity contribution in [2.24, 2.45) is 0 Å². The number of hydrogen-bond donors (Lipinski definition) is 6. The molecule has 526 valence electrons. The number of esters is 1. The van der Waals surface area contributed by atoms with Crippen LogP contribution in [-0.4, -0.2) is 99.6 Å². The topological polar surface area (TPSA) is 175 Å². The maximum Gasteiger partial charge on any atom is 0.306 e. The SMILES string of the molecule is CC/C=C\C/C=C\C/C=C\C/C=C\C/C=C\C/C=C\CCCCCCCCCC(O)C(=O)NC(COC1OC(CO)C(O)C(O)C1OC(=O)CCCCCCCCCCCCCCCCC/C=C/CCCCCCCC)C(O)/C=C/CCCCCCCCCCC. The van der Waals surface area contributed by atoms with Gasteiger partial charge in [0.05, 0.1) is 25.4 Å². The molecule has 0 spiro atoms. The molecule has 1 saturated heterocycles. The predicted octanol–water partition coefficient (Wildman–Crippen LogP) is 20.2. The van der Waals surface area contributed by atoms with Crippen LogP contribution in [0.2, 0.25) is 0 Å². The lowest BCUT2D eigenvalue weighted by atomic mass is 9.99. The number of unbranched alkanes of at least 4 members (excludes halogenated alkanes) is 37. The number of rotatable bonds is 65. The molecule has 11 nitrogen and oxygen atoms in total. The molecule has 91 heavy (non-hydrogen) atoms. The lowest BCUT2D eigenvalue weighted by Gasteiger charge is -2.41. The van der Waals surface area contributed by atoms with E-state index < -0.39 is 67.4 Å². The molecule has 6 N–H and O–H groups in total. The van der Waals surface area contributed by atoms with Crippen LogP contribution in [0.3, 0.4) is 0 Å².